The van der Waals surface area contributed by atoms with Gasteiger partial charge in [0.15, 0.2) is 0 Å². The summed E-state index contributed by atoms with van der Waals surface area (Å²) in [6.07, 6.45) is 1.56. The van der Waals surface area contributed by atoms with E-state index in [0.717, 1.165) is 0 Å². The van der Waals surface area contributed by atoms with Crippen LogP contribution in [0.2, 0.25) is 5.15 Å². The zero-order valence-electron chi connectivity index (χ0n) is 18.7. The van der Waals surface area contributed by atoms with E-state index in [4.69, 9.17) is 11.6 Å². The van der Waals surface area contributed by atoms with Gasteiger partial charge in [-0.25, -0.2) is 9.78 Å². The first-order valence-corrected chi connectivity index (χ1v) is 11.1. The van der Waals surface area contributed by atoms with Gasteiger partial charge in [0, 0.05) is 37.9 Å². The molecule has 0 saturated carbocycles. The highest BCUT2D eigenvalue weighted by Crippen LogP contribution is 2.16. The van der Waals surface area contributed by atoms with Gasteiger partial charge in [-0.1, -0.05) is 18.5 Å². The minimum atomic E-state index is -0.383. The number of hydrogen-bond acceptors (Lipinski definition) is 5. The van der Waals surface area contributed by atoms with Gasteiger partial charge in [-0.05, 0) is 50.1 Å². The molecule has 0 aliphatic rings. The summed E-state index contributed by atoms with van der Waals surface area (Å²) in [6, 6.07) is 8.04. The normalized spacial score (nSPS) is 11.9. The van der Waals surface area contributed by atoms with Crippen LogP contribution < -0.4 is 21.9 Å². The number of anilines is 1. The molecule has 0 radical (unpaired) electrons. The number of carbonyl (C=O) groups excluding carboxylic acids is 2. The Morgan fingerprint density at radius 3 is 2.45 bits per heavy atom. The van der Waals surface area contributed by atoms with Gasteiger partial charge >= 0.3 is 5.69 Å². The maximum absolute atomic E-state index is 12.7. The number of nitrogens with zero attached hydrogens (tertiary/aromatic N) is 3. The van der Waals surface area contributed by atoms with E-state index in [9.17, 15) is 19.2 Å². The second-order valence-corrected chi connectivity index (χ2v) is 8.13. The highest BCUT2D eigenvalue weighted by atomic mass is 35.5. The van der Waals surface area contributed by atoms with E-state index >= 15 is 0 Å². The zero-order valence-corrected chi connectivity index (χ0v) is 19.5. The van der Waals surface area contributed by atoms with E-state index in [-0.39, 0.29) is 41.9 Å². The first kappa shape index (κ1) is 24.2. The van der Waals surface area contributed by atoms with Crippen LogP contribution in [0.4, 0.5) is 5.69 Å². The van der Waals surface area contributed by atoms with Crippen LogP contribution in [0.5, 0.6) is 0 Å². The molecule has 0 spiro atoms. The summed E-state index contributed by atoms with van der Waals surface area (Å²) < 4.78 is 2.71. The molecule has 9 nitrogen and oxygen atoms in total. The Kier molecular flexibility index (Phi) is 7.65. The summed E-state index contributed by atoms with van der Waals surface area (Å²) in [7, 11) is 0. The molecule has 1 atom stereocenters. The van der Waals surface area contributed by atoms with Gasteiger partial charge in [0.2, 0.25) is 5.91 Å². The number of hydrogen-bond donors (Lipinski definition) is 2. The van der Waals surface area contributed by atoms with Crippen LogP contribution in [-0.2, 0) is 17.9 Å². The van der Waals surface area contributed by atoms with Crippen molar-refractivity contribution in [1.29, 1.82) is 0 Å². The highest BCUT2D eigenvalue weighted by Gasteiger charge is 2.15. The molecule has 0 bridgehead atoms. The summed E-state index contributed by atoms with van der Waals surface area (Å²) in [4.78, 5) is 53.8. The third kappa shape index (κ3) is 5.48. The van der Waals surface area contributed by atoms with Crippen LogP contribution in [-0.4, -0.2) is 32.5 Å². The molecule has 1 unspecified atom stereocenters. The molecular weight excluding hydrogens is 446 g/mol. The molecule has 3 rings (SSSR count). The number of halogens is 1. The van der Waals surface area contributed by atoms with Crippen LogP contribution in [0.25, 0.3) is 10.9 Å². The van der Waals surface area contributed by atoms with Gasteiger partial charge in [0.25, 0.3) is 11.5 Å². The number of amides is 2. The number of aromatic nitrogens is 3. The van der Waals surface area contributed by atoms with Crippen molar-refractivity contribution >= 4 is 40.0 Å². The number of benzene rings is 1. The van der Waals surface area contributed by atoms with Crippen LogP contribution in [0, 0.1) is 5.92 Å². The molecular formula is C23H26ClN5O4. The SMILES string of the molecule is CCn1c(=O)c2cc(NC(=O)CC(C)CNC(=O)c3ccc(Cl)nc3)ccc2n(CC)c1=O. The first-order valence-electron chi connectivity index (χ1n) is 10.7. The summed E-state index contributed by atoms with van der Waals surface area (Å²) in [6.45, 7) is 6.42. The van der Waals surface area contributed by atoms with Crippen molar-refractivity contribution in [2.24, 2.45) is 5.92 Å². The summed E-state index contributed by atoms with van der Waals surface area (Å²) in [5, 5.41) is 6.24. The van der Waals surface area contributed by atoms with Gasteiger partial charge in [-0.15, -0.1) is 0 Å². The van der Waals surface area contributed by atoms with Crippen LogP contribution in [0.3, 0.4) is 0 Å². The van der Waals surface area contributed by atoms with E-state index < -0.39 is 0 Å². The number of carbonyl (C=O) groups is 2. The molecule has 2 amide bonds. The van der Waals surface area contributed by atoms with Crippen molar-refractivity contribution < 1.29 is 9.59 Å². The molecule has 1 aromatic carbocycles. The largest absolute Gasteiger partial charge is 0.352 e. The van der Waals surface area contributed by atoms with E-state index in [1.54, 1.807) is 31.2 Å². The Labute approximate surface area is 195 Å². The zero-order chi connectivity index (χ0) is 24.1. The standard InChI is InChI=1S/C23H26ClN5O4/c1-4-28-18-8-7-16(11-17(18)22(32)29(5-2)23(28)33)27-20(30)10-14(3)12-26-21(31)15-6-9-19(24)25-13-15/h6-9,11,13-14H,4-5,10,12H2,1-3H3,(H,26,31)(H,27,30). The molecule has 3 aromatic rings. The fourth-order valence-corrected chi connectivity index (χ4v) is 3.68. The Morgan fingerprint density at radius 1 is 1.09 bits per heavy atom. The number of aryl methyl sites for hydroxylation is 1. The molecule has 0 fully saturated rings. The third-order valence-corrected chi connectivity index (χ3v) is 5.50. The lowest BCUT2D eigenvalue weighted by Crippen LogP contribution is -2.39. The molecule has 174 valence electrons. The molecule has 10 heteroatoms. The molecule has 2 N–H and O–H groups in total. The molecule has 0 aliphatic heterocycles. The van der Waals surface area contributed by atoms with Gasteiger partial charge in [0.1, 0.15) is 5.15 Å². The van der Waals surface area contributed by atoms with Crippen LogP contribution >= 0.6 is 11.6 Å². The fraction of sp³-hybridized carbons (Fsp3) is 0.348. The Balaban J connectivity index is 1.66. The molecule has 33 heavy (non-hydrogen) atoms. The second kappa shape index (κ2) is 10.4. The highest BCUT2D eigenvalue weighted by molar-refractivity contribution is 6.29. The molecule has 2 aromatic heterocycles. The van der Waals surface area contributed by atoms with Crippen molar-refractivity contribution in [3.63, 3.8) is 0 Å². The average Bonchev–Trinajstić information content (AvgIpc) is 2.79. The van der Waals surface area contributed by atoms with Crippen LogP contribution in [0.1, 0.15) is 37.6 Å². The minimum absolute atomic E-state index is 0.128. The molecule has 0 saturated heterocycles. The van der Waals surface area contributed by atoms with Gasteiger partial charge < -0.3 is 10.6 Å². The lowest BCUT2D eigenvalue weighted by Gasteiger charge is -2.14. The maximum Gasteiger partial charge on any atom is 0.331 e. The monoisotopic (exact) mass is 471 g/mol. The van der Waals surface area contributed by atoms with E-state index in [0.29, 0.717) is 40.4 Å². The van der Waals surface area contributed by atoms with Crippen LogP contribution in [0.15, 0.2) is 46.1 Å². The third-order valence-electron chi connectivity index (χ3n) is 5.28. The topological polar surface area (TPSA) is 115 Å². The maximum atomic E-state index is 12.7. The van der Waals surface area contributed by atoms with E-state index in [1.165, 1.54) is 21.4 Å². The number of rotatable bonds is 8. The van der Waals surface area contributed by atoms with Crippen molar-refractivity contribution in [3.05, 3.63) is 68.1 Å². The van der Waals surface area contributed by atoms with Crippen molar-refractivity contribution in [3.8, 4) is 0 Å². The van der Waals surface area contributed by atoms with E-state index in [1.807, 2.05) is 13.8 Å². The predicted octanol–water partition coefficient (Wildman–Crippen LogP) is 2.65. The van der Waals surface area contributed by atoms with Crippen molar-refractivity contribution in [2.45, 2.75) is 40.3 Å². The smallest absolute Gasteiger partial charge is 0.331 e. The van der Waals surface area contributed by atoms with E-state index in [2.05, 4.69) is 15.6 Å². The lowest BCUT2D eigenvalue weighted by atomic mass is 10.1. The average molecular weight is 472 g/mol. The van der Waals surface area contributed by atoms with Gasteiger partial charge in [0.05, 0.1) is 16.5 Å². The van der Waals surface area contributed by atoms with Gasteiger partial charge in [-0.2, -0.15) is 0 Å². The summed E-state index contributed by atoms with van der Waals surface area (Å²) in [5.74, 6) is -0.670. The summed E-state index contributed by atoms with van der Waals surface area (Å²) in [5.41, 5.74) is 0.654. The van der Waals surface area contributed by atoms with Gasteiger partial charge in [-0.3, -0.25) is 23.5 Å². The predicted molar refractivity (Wildman–Crippen MR) is 128 cm³/mol. The Bertz CT molecular complexity index is 1300. The first-order chi connectivity index (χ1) is 15.7. The number of fused-ring (bicyclic) bond motifs is 1. The van der Waals surface area contributed by atoms with Crippen molar-refractivity contribution in [1.82, 2.24) is 19.4 Å². The second-order valence-electron chi connectivity index (χ2n) is 7.75. The van der Waals surface area contributed by atoms with Crippen molar-refractivity contribution in [2.75, 3.05) is 11.9 Å². The lowest BCUT2D eigenvalue weighted by molar-refractivity contribution is -0.116. The number of pyridine rings is 1. The minimum Gasteiger partial charge on any atom is -0.352 e. The fourth-order valence-electron chi connectivity index (χ4n) is 3.57. The quantitative estimate of drug-likeness (QED) is 0.490. The Hall–Kier alpha value is -3.46. The Morgan fingerprint density at radius 2 is 1.82 bits per heavy atom. The summed E-state index contributed by atoms with van der Waals surface area (Å²) >= 11 is 5.72. The molecule has 2 heterocycles. The number of nitrogens with one attached hydrogen (secondary N) is 2. The molecule has 0 aliphatic carbocycles.